The molecule has 1 aromatic carbocycles. The number of aromatic nitrogens is 2. The molecular weight excluding hydrogens is 216 g/mol. The normalized spacial score (nSPS) is 10.2. The van der Waals surface area contributed by atoms with Crippen molar-refractivity contribution in [2.75, 3.05) is 6.61 Å². The minimum Gasteiger partial charge on any atom is -0.460 e. The molecule has 0 aliphatic rings. The van der Waals surface area contributed by atoms with Gasteiger partial charge in [0.1, 0.15) is 0 Å². The number of esters is 1. The average molecular weight is 230 g/mol. The molecule has 0 unspecified atom stereocenters. The van der Waals surface area contributed by atoms with Crippen LogP contribution >= 0.6 is 0 Å². The number of ether oxygens (including phenoxy) is 1. The van der Waals surface area contributed by atoms with Crippen molar-refractivity contribution >= 4 is 5.97 Å². The molecule has 0 N–H and O–H groups in total. The molecule has 0 radical (unpaired) electrons. The summed E-state index contributed by atoms with van der Waals surface area (Å²) < 4.78 is 6.67. The zero-order chi connectivity index (χ0) is 12.3. The summed E-state index contributed by atoms with van der Waals surface area (Å²) in [5.74, 6) is -0.103. The number of nitrogens with zero attached hydrogens (tertiary/aromatic N) is 2. The molecule has 0 amide bonds. The van der Waals surface area contributed by atoms with Crippen LogP contribution in [-0.2, 0) is 4.74 Å². The van der Waals surface area contributed by atoms with E-state index in [1.165, 1.54) is 5.56 Å². The summed E-state index contributed by atoms with van der Waals surface area (Å²) >= 11 is 0. The zero-order valence-corrected chi connectivity index (χ0v) is 9.88. The van der Waals surface area contributed by atoms with E-state index in [0.717, 1.165) is 5.69 Å². The second-order valence-corrected chi connectivity index (χ2v) is 3.68. The molecule has 1 heterocycles. The largest absolute Gasteiger partial charge is 0.460 e. The van der Waals surface area contributed by atoms with Crippen LogP contribution in [0.3, 0.4) is 0 Å². The summed E-state index contributed by atoms with van der Waals surface area (Å²) in [4.78, 5) is 15.7. The first-order valence-corrected chi connectivity index (χ1v) is 5.50. The fourth-order valence-corrected chi connectivity index (χ4v) is 1.56. The van der Waals surface area contributed by atoms with E-state index in [9.17, 15) is 4.79 Å². The Bertz CT molecular complexity index is 514. The maximum atomic E-state index is 11.7. The maximum Gasteiger partial charge on any atom is 0.374 e. The highest BCUT2D eigenvalue weighted by Gasteiger charge is 2.14. The fraction of sp³-hybridized carbons (Fsp3) is 0.231. The minimum atomic E-state index is -0.405. The Balaban J connectivity index is 2.36. The van der Waals surface area contributed by atoms with Crippen LogP contribution in [-0.4, -0.2) is 22.1 Å². The molecule has 1 aromatic heterocycles. The van der Waals surface area contributed by atoms with Crippen molar-refractivity contribution < 1.29 is 9.53 Å². The number of carbonyl (C=O) groups is 1. The fourth-order valence-electron chi connectivity index (χ4n) is 1.56. The van der Waals surface area contributed by atoms with Crippen LogP contribution in [0.25, 0.3) is 5.69 Å². The van der Waals surface area contributed by atoms with Crippen molar-refractivity contribution in [3.05, 3.63) is 48.0 Å². The molecule has 0 saturated heterocycles. The number of imidazole rings is 1. The van der Waals surface area contributed by atoms with Crippen LogP contribution < -0.4 is 0 Å². The van der Waals surface area contributed by atoms with Crippen LogP contribution in [0.5, 0.6) is 0 Å². The van der Waals surface area contributed by atoms with Crippen LogP contribution in [0.1, 0.15) is 23.1 Å². The van der Waals surface area contributed by atoms with E-state index in [2.05, 4.69) is 4.98 Å². The highest BCUT2D eigenvalue weighted by atomic mass is 16.5. The molecule has 0 aliphatic carbocycles. The average Bonchev–Trinajstić information content (AvgIpc) is 2.79. The molecule has 4 heteroatoms. The van der Waals surface area contributed by atoms with Gasteiger partial charge < -0.3 is 4.74 Å². The summed E-state index contributed by atoms with van der Waals surface area (Å²) in [6.07, 6.45) is 3.34. The van der Waals surface area contributed by atoms with Crippen LogP contribution in [0.2, 0.25) is 0 Å². The van der Waals surface area contributed by atoms with Crippen LogP contribution in [0.15, 0.2) is 36.7 Å². The Morgan fingerprint density at radius 3 is 2.71 bits per heavy atom. The molecular formula is C13H14N2O2. The van der Waals surface area contributed by atoms with Gasteiger partial charge in [0.15, 0.2) is 0 Å². The van der Waals surface area contributed by atoms with E-state index in [0.29, 0.717) is 12.4 Å². The molecule has 2 aromatic rings. The second-order valence-electron chi connectivity index (χ2n) is 3.68. The Morgan fingerprint density at radius 2 is 2.06 bits per heavy atom. The van der Waals surface area contributed by atoms with E-state index < -0.39 is 5.97 Å². The van der Waals surface area contributed by atoms with E-state index in [1.54, 1.807) is 23.9 Å². The predicted molar refractivity (Wildman–Crippen MR) is 64.3 cm³/mol. The molecule has 0 aliphatic heterocycles. The standard InChI is InChI=1S/C13H14N2O2/c1-3-17-13(16)12-14-8-9-15(12)11-6-4-10(2)5-7-11/h4-9H,3H2,1-2H3. The Labute approximate surface area is 99.9 Å². The van der Waals surface area contributed by atoms with E-state index in [1.807, 2.05) is 31.2 Å². The lowest BCUT2D eigenvalue weighted by Crippen LogP contribution is -2.12. The molecule has 0 atom stereocenters. The predicted octanol–water partition coefficient (Wildman–Crippen LogP) is 2.36. The number of benzene rings is 1. The zero-order valence-electron chi connectivity index (χ0n) is 9.88. The van der Waals surface area contributed by atoms with Gasteiger partial charge in [0.25, 0.3) is 0 Å². The van der Waals surface area contributed by atoms with Gasteiger partial charge in [-0.25, -0.2) is 9.78 Å². The van der Waals surface area contributed by atoms with Crippen molar-refractivity contribution in [1.29, 1.82) is 0 Å². The molecule has 0 spiro atoms. The lowest BCUT2D eigenvalue weighted by atomic mass is 10.2. The van der Waals surface area contributed by atoms with Gasteiger partial charge in [0, 0.05) is 18.1 Å². The summed E-state index contributed by atoms with van der Waals surface area (Å²) in [6, 6.07) is 7.87. The molecule has 0 fully saturated rings. The van der Waals surface area contributed by atoms with Gasteiger partial charge in [0.2, 0.25) is 5.82 Å². The SMILES string of the molecule is CCOC(=O)c1nccn1-c1ccc(C)cc1. The number of hydrogen-bond acceptors (Lipinski definition) is 3. The van der Waals surface area contributed by atoms with Gasteiger partial charge in [-0.1, -0.05) is 17.7 Å². The topological polar surface area (TPSA) is 44.1 Å². The first-order chi connectivity index (χ1) is 8.22. The number of rotatable bonds is 3. The minimum absolute atomic E-state index is 0.302. The highest BCUT2D eigenvalue weighted by Crippen LogP contribution is 2.12. The summed E-state index contributed by atoms with van der Waals surface area (Å²) in [5.41, 5.74) is 2.07. The molecule has 17 heavy (non-hydrogen) atoms. The Hall–Kier alpha value is -2.10. The van der Waals surface area contributed by atoms with Crippen LogP contribution in [0.4, 0.5) is 0 Å². The first-order valence-electron chi connectivity index (χ1n) is 5.50. The van der Waals surface area contributed by atoms with Crippen LogP contribution in [0, 0.1) is 6.92 Å². The number of carbonyl (C=O) groups excluding carboxylic acids is 1. The maximum absolute atomic E-state index is 11.7. The monoisotopic (exact) mass is 230 g/mol. The summed E-state index contributed by atoms with van der Waals surface area (Å²) in [6.45, 7) is 4.14. The van der Waals surface area contributed by atoms with Gasteiger partial charge in [-0.15, -0.1) is 0 Å². The van der Waals surface area contributed by atoms with Gasteiger partial charge in [0.05, 0.1) is 6.61 Å². The van der Waals surface area contributed by atoms with Crippen molar-refractivity contribution in [3.63, 3.8) is 0 Å². The lowest BCUT2D eigenvalue weighted by Gasteiger charge is -2.07. The van der Waals surface area contributed by atoms with Gasteiger partial charge >= 0.3 is 5.97 Å². The quantitative estimate of drug-likeness (QED) is 0.760. The van der Waals surface area contributed by atoms with Crippen molar-refractivity contribution in [2.45, 2.75) is 13.8 Å². The number of hydrogen-bond donors (Lipinski definition) is 0. The Morgan fingerprint density at radius 1 is 1.35 bits per heavy atom. The van der Waals surface area contributed by atoms with E-state index in [4.69, 9.17) is 4.74 Å². The third-order valence-corrected chi connectivity index (χ3v) is 2.41. The molecule has 4 nitrogen and oxygen atoms in total. The Kier molecular flexibility index (Phi) is 3.23. The third-order valence-electron chi connectivity index (χ3n) is 2.41. The number of aryl methyl sites for hydroxylation is 1. The first kappa shape index (κ1) is 11.4. The molecule has 0 saturated carbocycles. The summed E-state index contributed by atoms with van der Waals surface area (Å²) in [5, 5.41) is 0. The van der Waals surface area contributed by atoms with E-state index in [-0.39, 0.29) is 0 Å². The highest BCUT2D eigenvalue weighted by molar-refractivity contribution is 5.86. The van der Waals surface area contributed by atoms with Gasteiger partial charge in [-0.3, -0.25) is 4.57 Å². The molecule has 88 valence electrons. The van der Waals surface area contributed by atoms with Crippen molar-refractivity contribution in [3.8, 4) is 5.69 Å². The smallest absolute Gasteiger partial charge is 0.374 e. The van der Waals surface area contributed by atoms with Crippen molar-refractivity contribution in [1.82, 2.24) is 9.55 Å². The molecule has 0 bridgehead atoms. The van der Waals surface area contributed by atoms with Gasteiger partial charge in [-0.05, 0) is 26.0 Å². The van der Waals surface area contributed by atoms with Crippen molar-refractivity contribution in [2.24, 2.45) is 0 Å². The third kappa shape index (κ3) is 2.36. The van der Waals surface area contributed by atoms with E-state index >= 15 is 0 Å². The van der Waals surface area contributed by atoms with Gasteiger partial charge in [-0.2, -0.15) is 0 Å². The molecule has 2 rings (SSSR count). The second kappa shape index (κ2) is 4.82. The lowest BCUT2D eigenvalue weighted by molar-refractivity contribution is 0.0510. The summed E-state index contributed by atoms with van der Waals surface area (Å²) in [7, 11) is 0.